The maximum atomic E-state index is 12.4. The Morgan fingerprint density at radius 3 is 2.11 bits per heavy atom. The fourth-order valence-corrected chi connectivity index (χ4v) is 2.51. The molecule has 2 aromatic rings. The van der Waals surface area contributed by atoms with E-state index < -0.39 is 0 Å². The molecule has 0 bridgehead atoms. The van der Waals surface area contributed by atoms with E-state index in [2.05, 4.69) is 10.3 Å². The SMILES string of the molecule is COc1cc(NC(=O)CN(Cc2ccncc2)C(C)=O)cc(OC)c1OC. The summed E-state index contributed by atoms with van der Waals surface area (Å²) in [5, 5.41) is 2.75. The lowest BCUT2D eigenvalue weighted by Crippen LogP contribution is -2.36. The van der Waals surface area contributed by atoms with Gasteiger partial charge in [0.1, 0.15) is 6.54 Å². The molecule has 2 rings (SSSR count). The minimum Gasteiger partial charge on any atom is -0.493 e. The first kappa shape index (κ1) is 20.0. The number of amides is 2. The average Bonchev–Trinajstić information content (AvgIpc) is 2.67. The van der Waals surface area contributed by atoms with Crippen molar-refractivity contribution in [1.29, 1.82) is 0 Å². The number of nitrogens with one attached hydrogen (secondary N) is 1. The van der Waals surface area contributed by atoms with Gasteiger partial charge in [0.05, 0.1) is 21.3 Å². The third kappa shape index (κ3) is 5.34. The summed E-state index contributed by atoms with van der Waals surface area (Å²) in [4.78, 5) is 29.7. The Balaban J connectivity index is 2.12. The van der Waals surface area contributed by atoms with Gasteiger partial charge in [0.15, 0.2) is 11.5 Å². The van der Waals surface area contributed by atoms with Gasteiger partial charge in [-0.15, -0.1) is 0 Å². The second-order valence-corrected chi connectivity index (χ2v) is 5.69. The van der Waals surface area contributed by atoms with Crippen molar-refractivity contribution < 1.29 is 23.8 Å². The topological polar surface area (TPSA) is 90.0 Å². The number of hydrogen-bond acceptors (Lipinski definition) is 6. The van der Waals surface area contributed by atoms with Crippen molar-refractivity contribution in [2.45, 2.75) is 13.5 Å². The highest BCUT2D eigenvalue weighted by molar-refractivity contribution is 5.94. The molecule has 0 aliphatic rings. The van der Waals surface area contributed by atoms with Crippen molar-refractivity contribution in [2.75, 3.05) is 33.2 Å². The van der Waals surface area contributed by atoms with Crippen LogP contribution in [0.1, 0.15) is 12.5 Å². The first-order chi connectivity index (χ1) is 13.0. The van der Waals surface area contributed by atoms with Gasteiger partial charge in [0, 0.05) is 43.7 Å². The van der Waals surface area contributed by atoms with Crippen molar-refractivity contribution in [3.8, 4) is 17.2 Å². The summed E-state index contributed by atoms with van der Waals surface area (Å²) in [6, 6.07) is 6.85. The molecule has 0 unspecified atom stereocenters. The fourth-order valence-electron chi connectivity index (χ4n) is 2.51. The van der Waals surface area contributed by atoms with E-state index in [1.54, 1.807) is 36.7 Å². The van der Waals surface area contributed by atoms with Crippen molar-refractivity contribution >= 4 is 17.5 Å². The highest BCUT2D eigenvalue weighted by Crippen LogP contribution is 2.39. The molecule has 1 aromatic carbocycles. The minimum absolute atomic E-state index is 0.0890. The number of carbonyl (C=O) groups is 2. The number of ether oxygens (including phenoxy) is 3. The fraction of sp³-hybridized carbons (Fsp3) is 0.316. The quantitative estimate of drug-likeness (QED) is 0.762. The van der Waals surface area contributed by atoms with Gasteiger partial charge in [-0.25, -0.2) is 0 Å². The number of pyridine rings is 1. The summed E-state index contributed by atoms with van der Waals surface area (Å²) in [6.07, 6.45) is 3.28. The number of benzene rings is 1. The maximum Gasteiger partial charge on any atom is 0.244 e. The van der Waals surface area contributed by atoms with E-state index in [-0.39, 0.29) is 18.4 Å². The molecular weight excluding hydrogens is 350 g/mol. The third-order valence-corrected chi connectivity index (χ3v) is 3.85. The summed E-state index contributed by atoms with van der Waals surface area (Å²) in [7, 11) is 4.49. The number of aromatic nitrogens is 1. The molecule has 27 heavy (non-hydrogen) atoms. The van der Waals surface area contributed by atoms with Crippen LogP contribution in [0, 0.1) is 0 Å². The summed E-state index contributed by atoms with van der Waals surface area (Å²) in [5.41, 5.74) is 1.36. The number of carbonyl (C=O) groups excluding carboxylic acids is 2. The summed E-state index contributed by atoms with van der Waals surface area (Å²) < 4.78 is 15.8. The molecule has 1 aromatic heterocycles. The Morgan fingerprint density at radius 1 is 1.04 bits per heavy atom. The zero-order chi connectivity index (χ0) is 19.8. The predicted molar refractivity (Wildman–Crippen MR) is 100 cm³/mol. The Hall–Kier alpha value is -3.29. The van der Waals surface area contributed by atoms with Crippen LogP contribution in [0.25, 0.3) is 0 Å². The standard InChI is InChI=1S/C19H23N3O5/c1-13(23)22(11-14-5-7-20-8-6-14)12-18(24)21-15-9-16(25-2)19(27-4)17(10-15)26-3/h5-10H,11-12H2,1-4H3,(H,21,24). The Morgan fingerprint density at radius 2 is 1.63 bits per heavy atom. The van der Waals surface area contributed by atoms with Crippen LogP contribution in [-0.2, 0) is 16.1 Å². The van der Waals surface area contributed by atoms with Crippen molar-refractivity contribution in [2.24, 2.45) is 0 Å². The summed E-state index contributed by atoms with van der Waals surface area (Å²) in [6.45, 7) is 1.66. The first-order valence-corrected chi connectivity index (χ1v) is 8.22. The number of rotatable bonds is 8. The van der Waals surface area contributed by atoms with Crippen LogP contribution >= 0.6 is 0 Å². The van der Waals surface area contributed by atoms with Gasteiger partial charge in [-0.05, 0) is 17.7 Å². The van der Waals surface area contributed by atoms with E-state index >= 15 is 0 Å². The van der Waals surface area contributed by atoms with Crippen molar-refractivity contribution in [1.82, 2.24) is 9.88 Å². The van der Waals surface area contributed by atoms with Crippen molar-refractivity contribution in [3.05, 3.63) is 42.2 Å². The van der Waals surface area contributed by atoms with Gasteiger partial charge in [0.2, 0.25) is 17.6 Å². The van der Waals surface area contributed by atoms with E-state index in [1.165, 1.54) is 33.2 Å². The van der Waals surface area contributed by atoms with Crippen LogP contribution in [0.2, 0.25) is 0 Å². The van der Waals surface area contributed by atoms with Gasteiger partial charge in [-0.1, -0.05) is 0 Å². The van der Waals surface area contributed by atoms with E-state index in [0.717, 1.165) is 5.56 Å². The van der Waals surface area contributed by atoms with Crippen LogP contribution in [0.4, 0.5) is 5.69 Å². The zero-order valence-corrected chi connectivity index (χ0v) is 15.8. The molecule has 0 saturated carbocycles. The molecule has 0 fully saturated rings. The number of methoxy groups -OCH3 is 3. The summed E-state index contributed by atoms with van der Waals surface area (Å²) in [5.74, 6) is 0.737. The van der Waals surface area contributed by atoms with Crippen LogP contribution in [0.5, 0.6) is 17.2 Å². The molecule has 0 saturated heterocycles. The maximum absolute atomic E-state index is 12.4. The smallest absolute Gasteiger partial charge is 0.244 e. The molecule has 2 amide bonds. The predicted octanol–water partition coefficient (Wildman–Crippen LogP) is 2.09. The van der Waals surface area contributed by atoms with Crippen LogP contribution in [-0.4, -0.2) is 49.6 Å². The molecule has 144 valence electrons. The molecule has 0 aliphatic carbocycles. The first-order valence-electron chi connectivity index (χ1n) is 8.22. The average molecular weight is 373 g/mol. The highest BCUT2D eigenvalue weighted by atomic mass is 16.5. The van der Waals surface area contributed by atoms with Crippen LogP contribution in [0.15, 0.2) is 36.7 Å². The van der Waals surface area contributed by atoms with E-state index in [0.29, 0.717) is 29.5 Å². The molecule has 0 radical (unpaired) electrons. The van der Waals surface area contributed by atoms with Gasteiger partial charge >= 0.3 is 0 Å². The van der Waals surface area contributed by atoms with Gasteiger partial charge < -0.3 is 24.4 Å². The zero-order valence-electron chi connectivity index (χ0n) is 15.8. The molecule has 1 heterocycles. The molecule has 0 atom stereocenters. The van der Waals surface area contributed by atoms with Crippen molar-refractivity contribution in [3.63, 3.8) is 0 Å². The number of hydrogen-bond donors (Lipinski definition) is 1. The lowest BCUT2D eigenvalue weighted by Gasteiger charge is -2.21. The van der Waals surface area contributed by atoms with Gasteiger partial charge in [-0.2, -0.15) is 0 Å². The highest BCUT2D eigenvalue weighted by Gasteiger charge is 2.17. The second kappa shape index (κ2) is 9.42. The van der Waals surface area contributed by atoms with Gasteiger partial charge in [0.25, 0.3) is 0 Å². The molecule has 1 N–H and O–H groups in total. The summed E-state index contributed by atoms with van der Waals surface area (Å²) >= 11 is 0. The molecule has 8 nitrogen and oxygen atoms in total. The molecule has 0 spiro atoms. The Labute approximate surface area is 158 Å². The molecule has 0 aliphatic heterocycles. The monoisotopic (exact) mass is 373 g/mol. The lowest BCUT2D eigenvalue weighted by atomic mass is 10.2. The Bertz CT molecular complexity index is 770. The third-order valence-electron chi connectivity index (χ3n) is 3.85. The Kier molecular flexibility index (Phi) is 6.99. The van der Waals surface area contributed by atoms with E-state index in [9.17, 15) is 9.59 Å². The number of nitrogens with zero attached hydrogens (tertiary/aromatic N) is 2. The van der Waals surface area contributed by atoms with E-state index in [4.69, 9.17) is 14.2 Å². The van der Waals surface area contributed by atoms with Gasteiger partial charge in [-0.3, -0.25) is 14.6 Å². The lowest BCUT2D eigenvalue weighted by molar-refractivity contribution is -0.133. The van der Waals surface area contributed by atoms with Crippen LogP contribution in [0.3, 0.4) is 0 Å². The second-order valence-electron chi connectivity index (χ2n) is 5.69. The van der Waals surface area contributed by atoms with E-state index in [1.807, 2.05) is 0 Å². The largest absolute Gasteiger partial charge is 0.493 e. The molecular formula is C19H23N3O5. The van der Waals surface area contributed by atoms with Crippen LogP contribution < -0.4 is 19.5 Å². The number of anilines is 1. The minimum atomic E-state index is -0.339. The normalized spacial score (nSPS) is 10.1. The molecule has 8 heteroatoms.